The van der Waals surface area contributed by atoms with Gasteiger partial charge in [0, 0.05) is 19.3 Å². The molecule has 0 aromatic carbocycles. The van der Waals surface area contributed by atoms with E-state index in [1.54, 1.807) is 25.2 Å². The molecule has 0 bridgehead atoms. The van der Waals surface area contributed by atoms with Gasteiger partial charge in [-0.3, -0.25) is 0 Å². The summed E-state index contributed by atoms with van der Waals surface area (Å²) in [4.78, 5) is 19.5. The maximum Gasteiger partial charge on any atom is 0.341 e. The summed E-state index contributed by atoms with van der Waals surface area (Å²) in [5.41, 5.74) is 0.309. The first-order valence-corrected chi connectivity index (χ1v) is 6.49. The number of nitrogens with zero attached hydrogens (tertiary/aromatic N) is 4. The number of fused-ring (bicyclic) bond motifs is 1. The van der Waals surface area contributed by atoms with Gasteiger partial charge in [-0.15, -0.1) is 0 Å². The van der Waals surface area contributed by atoms with E-state index < -0.39 is 13.0 Å². The Kier molecular flexibility index (Phi) is 2.83. The van der Waals surface area contributed by atoms with Gasteiger partial charge in [0.2, 0.25) is 5.88 Å². The van der Waals surface area contributed by atoms with E-state index in [9.17, 15) is 9.90 Å². The van der Waals surface area contributed by atoms with E-state index in [0.29, 0.717) is 5.82 Å². The molecule has 0 aliphatic heterocycles. The standard InChI is InChI=1S/C14H14N6O3/c1-15-11-6-10(18-9-4-3-5-16-13(9)23-2)19-12-8(14(21)22)7-17-20(11)12/h3-7,15H,1-2H3,(H,18,19)(H,21,22)/i2D3. The fourth-order valence-corrected chi connectivity index (χ4v) is 2.06. The van der Waals surface area contributed by atoms with Gasteiger partial charge >= 0.3 is 5.97 Å². The largest absolute Gasteiger partial charge is 0.480 e. The number of carboxylic acid groups (broad SMARTS) is 1. The van der Waals surface area contributed by atoms with Crippen molar-refractivity contribution >= 4 is 28.9 Å². The van der Waals surface area contributed by atoms with Crippen LogP contribution in [0.3, 0.4) is 0 Å². The number of aromatic nitrogens is 4. The molecule has 118 valence electrons. The lowest BCUT2D eigenvalue weighted by Crippen LogP contribution is -2.06. The SMILES string of the molecule is [2H]C([2H])([2H])Oc1ncccc1Nc1cc(NC)n2ncc(C(=O)O)c2n1. The zero-order valence-electron chi connectivity index (χ0n) is 14.9. The maximum absolute atomic E-state index is 11.3. The number of carbonyl (C=O) groups is 1. The first kappa shape index (κ1) is 11.2. The van der Waals surface area contributed by atoms with Gasteiger partial charge in [-0.1, -0.05) is 0 Å². The number of carboxylic acids is 1. The van der Waals surface area contributed by atoms with Crippen LogP contribution in [-0.4, -0.2) is 44.7 Å². The fourth-order valence-electron chi connectivity index (χ4n) is 2.06. The third-order valence-corrected chi connectivity index (χ3v) is 3.09. The van der Waals surface area contributed by atoms with E-state index in [1.807, 2.05) is 0 Å². The molecule has 3 rings (SSSR count). The van der Waals surface area contributed by atoms with Crippen molar-refractivity contribution in [2.24, 2.45) is 0 Å². The van der Waals surface area contributed by atoms with Crippen LogP contribution >= 0.6 is 0 Å². The van der Waals surface area contributed by atoms with Crippen molar-refractivity contribution in [2.45, 2.75) is 0 Å². The van der Waals surface area contributed by atoms with Crippen molar-refractivity contribution in [3.05, 3.63) is 36.2 Å². The summed E-state index contributed by atoms with van der Waals surface area (Å²) in [5.74, 6) is -0.563. The zero-order chi connectivity index (χ0) is 18.9. The Balaban J connectivity index is 2.04. The van der Waals surface area contributed by atoms with Gasteiger partial charge in [-0.05, 0) is 12.1 Å². The van der Waals surface area contributed by atoms with Gasteiger partial charge in [0.1, 0.15) is 22.9 Å². The van der Waals surface area contributed by atoms with Crippen molar-refractivity contribution in [3.63, 3.8) is 0 Å². The highest BCUT2D eigenvalue weighted by Gasteiger charge is 2.16. The second-order valence-electron chi connectivity index (χ2n) is 4.46. The van der Waals surface area contributed by atoms with Crippen molar-refractivity contribution in [1.29, 1.82) is 0 Å². The van der Waals surface area contributed by atoms with Gasteiger partial charge in [0.25, 0.3) is 0 Å². The molecule has 3 heterocycles. The summed E-state index contributed by atoms with van der Waals surface area (Å²) < 4.78 is 27.9. The van der Waals surface area contributed by atoms with Gasteiger partial charge < -0.3 is 20.5 Å². The number of anilines is 3. The Labute approximate surface area is 135 Å². The molecule has 0 aliphatic rings. The monoisotopic (exact) mass is 317 g/mol. The predicted molar refractivity (Wildman–Crippen MR) is 83.6 cm³/mol. The molecule has 0 spiro atoms. The van der Waals surface area contributed by atoms with Gasteiger partial charge in [0.05, 0.1) is 17.3 Å². The van der Waals surface area contributed by atoms with Gasteiger partial charge in [-0.2, -0.15) is 9.61 Å². The molecule has 0 fully saturated rings. The normalized spacial score (nSPS) is 13.0. The Hall–Kier alpha value is -3.36. The van der Waals surface area contributed by atoms with E-state index in [0.717, 1.165) is 0 Å². The summed E-state index contributed by atoms with van der Waals surface area (Å²) in [6, 6.07) is 4.74. The average Bonchev–Trinajstić information content (AvgIpc) is 2.98. The Morgan fingerprint density at radius 3 is 3.13 bits per heavy atom. The Morgan fingerprint density at radius 2 is 2.39 bits per heavy atom. The molecule has 0 saturated carbocycles. The Bertz CT molecular complexity index is 972. The lowest BCUT2D eigenvalue weighted by molar-refractivity contribution is 0.0699. The van der Waals surface area contributed by atoms with Crippen molar-refractivity contribution in [3.8, 4) is 5.88 Å². The van der Waals surface area contributed by atoms with E-state index in [1.165, 1.54) is 16.9 Å². The van der Waals surface area contributed by atoms with Crippen LogP contribution in [0.1, 0.15) is 14.5 Å². The molecule has 23 heavy (non-hydrogen) atoms. The fraction of sp³-hybridized carbons (Fsp3) is 0.143. The van der Waals surface area contributed by atoms with Crippen LogP contribution in [0.5, 0.6) is 5.88 Å². The summed E-state index contributed by atoms with van der Waals surface area (Å²) in [6.45, 7) is 0. The third kappa shape index (κ3) is 2.59. The molecule has 3 aromatic rings. The minimum absolute atomic E-state index is 0.0738. The van der Waals surface area contributed by atoms with E-state index in [-0.39, 0.29) is 28.6 Å². The molecule has 0 radical (unpaired) electrons. The molecule has 0 atom stereocenters. The van der Waals surface area contributed by atoms with Crippen LogP contribution in [0.15, 0.2) is 30.6 Å². The summed E-state index contributed by atoms with van der Waals surface area (Å²) in [6.07, 6.45) is 2.59. The molecular formula is C14H14N6O3. The molecular weight excluding hydrogens is 300 g/mol. The van der Waals surface area contributed by atoms with E-state index in [2.05, 4.69) is 25.7 Å². The summed E-state index contributed by atoms with van der Waals surface area (Å²) in [7, 11) is -1.02. The highest BCUT2D eigenvalue weighted by molar-refractivity contribution is 5.94. The van der Waals surface area contributed by atoms with Crippen LogP contribution in [0.2, 0.25) is 0 Å². The first-order chi connectivity index (χ1) is 12.3. The number of pyridine rings is 1. The number of rotatable bonds is 5. The van der Waals surface area contributed by atoms with Crippen LogP contribution in [0.4, 0.5) is 17.3 Å². The smallest absolute Gasteiger partial charge is 0.341 e. The number of hydrogen-bond donors (Lipinski definition) is 3. The number of ether oxygens (including phenoxy) is 1. The maximum atomic E-state index is 11.3. The number of hydrogen-bond acceptors (Lipinski definition) is 7. The first-order valence-electron chi connectivity index (χ1n) is 7.99. The van der Waals surface area contributed by atoms with Gasteiger partial charge in [0.15, 0.2) is 5.65 Å². The van der Waals surface area contributed by atoms with E-state index in [4.69, 9.17) is 8.85 Å². The summed E-state index contributed by atoms with van der Waals surface area (Å²) in [5, 5.41) is 19.0. The predicted octanol–water partition coefficient (Wildman–Crippen LogP) is 1.62. The van der Waals surface area contributed by atoms with Gasteiger partial charge in [-0.25, -0.2) is 14.8 Å². The summed E-state index contributed by atoms with van der Waals surface area (Å²) >= 11 is 0. The molecule has 9 heteroatoms. The zero-order valence-corrected chi connectivity index (χ0v) is 11.9. The number of aromatic carboxylic acids is 1. The molecule has 3 aromatic heterocycles. The minimum Gasteiger partial charge on any atom is -0.480 e. The van der Waals surface area contributed by atoms with Crippen molar-refractivity contribution < 1.29 is 18.8 Å². The molecule has 3 N–H and O–H groups in total. The van der Waals surface area contributed by atoms with Crippen LogP contribution in [0, 0.1) is 0 Å². The topological polar surface area (TPSA) is 114 Å². The third-order valence-electron chi connectivity index (χ3n) is 3.09. The highest BCUT2D eigenvalue weighted by atomic mass is 16.5. The van der Waals surface area contributed by atoms with Crippen molar-refractivity contribution in [1.82, 2.24) is 19.6 Å². The van der Waals surface area contributed by atoms with Crippen LogP contribution < -0.4 is 15.4 Å². The molecule has 0 aliphatic carbocycles. The lowest BCUT2D eigenvalue weighted by Gasteiger charge is -2.11. The second-order valence-corrected chi connectivity index (χ2v) is 4.46. The molecule has 0 unspecified atom stereocenters. The molecule has 0 saturated heterocycles. The second kappa shape index (κ2) is 5.79. The lowest BCUT2D eigenvalue weighted by atomic mass is 10.3. The van der Waals surface area contributed by atoms with E-state index >= 15 is 0 Å². The highest BCUT2D eigenvalue weighted by Crippen LogP contribution is 2.26. The van der Waals surface area contributed by atoms with Crippen molar-refractivity contribution in [2.75, 3.05) is 24.7 Å². The average molecular weight is 317 g/mol. The minimum atomic E-state index is -2.67. The van der Waals surface area contributed by atoms with Crippen LogP contribution in [0.25, 0.3) is 5.65 Å². The quantitative estimate of drug-likeness (QED) is 0.650. The number of methoxy groups -OCH3 is 1. The molecule has 0 amide bonds. The van der Waals surface area contributed by atoms with Crippen LogP contribution in [-0.2, 0) is 0 Å². The molecule has 9 nitrogen and oxygen atoms in total. The number of nitrogens with one attached hydrogen (secondary N) is 2. The Morgan fingerprint density at radius 1 is 1.52 bits per heavy atom.